The van der Waals surface area contributed by atoms with Crippen molar-refractivity contribution in [2.45, 2.75) is 24.1 Å². The second-order valence-electron chi connectivity index (χ2n) is 5.04. The van der Waals surface area contributed by atoms with Gasteiger partial charge in [0.2, 0.25) is 0 Å². The molecule has 6 nitrogen and oxygen atoms in total. The lowest BCUT2D eigenvalue weighted by Crippen LogP contribution is -2.11. The fraction of sp³-hybridized carbons (Fsp3) is 0.188. The molecule has 0 aromatic carbocycles. The van der Waals surface area contributed by atoms with Gasteiger partial charge >= 0.3 is 0 Å². The van der Waals surface area contributed by atoms with Gasteiger partial charge in [0.05, 0.1) is 24.7 Å². The highest BCUT2D eigenvalue weighted by Crippen LogP contribution is 2.24. The minimum Gasteiger partial charge on any atom is -0.467 e. The molecule has 0 saturated carbocycles. The van der Waals surface area contributed by atoms with E-state index < -0.39 is 10.0 Å². The van der Waals surface area contributed by atoms with Gasteiger partial charge in [0, 0.05) is 4.88 Å². The van der Waals surface area contributed by atoms with Crippen molar-refractivity contribution in [1.29, 1.82) is 0 Å². The zero-order valence-electron chi connectivity index (χ0n) is 13.0. The maximum atomic E-state index is 12.3. The third-order valence-electron chi connectivity index (χ3n) is 3.29. The number of hydrogen-bond acceptors (Lipinski definition) is 6. The van der Waals surface area contributed by atoms with Crippen LogP contribution in [0, 0.1) is 0 Å². The third kappa shape index (κ3) is 3.95. The number of rotatable bonds is 7. The third-order valence-corrected chi connectivity index (χ3v) is 6.39. The van der Waals surface area contributed by atoms with E-state index in [-0.39, 0.29) is 0 Å². The van der Waals surface area contributed by atoms with Crippen LogP contribution in [0.3, 0.4) is 0 Å². The topological polar surface area (TPSA) is 84.2 Å². The summed E-state index contributed by atoms with van der Waals surface area (Å²) in [5.41, 5.74) is 0.421. The van der Waals surface area contributed by atoms with Crippen LogP contribution in [0.1, 0.15) is 17.6 Å². The molecule has 0 bridgehead atoms. The van der Waals surface area contributed by atoms with Gasteiger partial charge < -0.3 is 9.73 Å². The lowest BCUT2D eigenvalue weighted by atomic mass is 10.4. The van der Waals surface area contributed by atoms with Crippen LogP contribution < -0.4 is 10.0 Å². The van der Waals surface area contributed by atoms with Gasteiger partial charge in [-0.05, 0) is 42.8 Å². The van der Waals surface area contributed by atoms with E-state index in [4.69, 9.17) is 4.42 Å². The summed E-state index contributed by atoms with van der Waals surface area (Å²) in [5, 5.41) is 3.10. The molecule has 8 heteroatoms. The van der Waals surface area contributed by atoms with Crippen molar-refractivity contribution in [3.63, 3.8) is 0 Å². The van der Waals surface area contributed by atoms with E-state index in [0.717, 1.165) is 17.1 Å². The highest BCUT2D eigenvalue weighted by molar-refractivity contribution is 7.94. The predicted molar refractivity (Wildman–Crippen MR) is 94.8 cm³/mol. The van der Waals surface area contributed by atoms with E-state index in [2.05, 4.69) is 15.0 Å². The smallest absolute Gasteiger partial charge is 0.271 e. The minimum atomic E-state index is -3.57. The lowest BCUT2D eigenvalue weighted by molar-refractivity contribution is 0.518. The molecule has 0 aliphatic carbocycles. The van der Waals surface area contributed by atoms with Crippen LogP contribution in [-0.4, -0.2) is 13.4 Å². The molecule has 0 radical (unpaired) electrons. The van der Waals surface area contributed by atoms with Crippen LogP contribution in [0.15, 0.2) is 57.5 Å². The number of pyridine rings is 1. The van der Waals surface area contributed by atoms with Gasteiger partial charge in [-0.2, -0.15) is 0 Å². The Morgan fingerprint density at radius 2 is 2.08 bits per heavy atom. The number of nitrogens with one attached hydrogen (secondary N) is 2. The maximum absolute atomic E-state index is 12.3. The van der Waals surface area contributed by atoms with Crippen LogP contribution in [-0.2, 0) is 23.0 Å². The van der Waals surface area contributed by atoms with Crippen LogP contribution in [0.25, 0.3) is 0 Å². The van der Waals surface area contributed by atoms with Gasteiger partial charge in [-0.15, -0.1) is 11.3 Å². The van der Waals surface area contributed by atoms with Crippen LogP contribution in [0.4, 0.5) is 11.5 Å². The first-order valence-electron chi connectivity index (χ1n) is 7.40. The van der Waals surface area contributed by atoms with Gasteiger partial charge in [-0.3, -0.25) is 4.72 Å². The van der Waals surface area contributed by atoms with E-state index in [1.54, 1.807) is 24.5 Å². The van der Waals surface area contributed by atoms with E-state index in [9.17, 15) is 8.42 Å². The van der Waals surface area contributed by atoms with Crippen molar-refractivity contribution in [2.24, 2.45) is 0 Å². The zero-order chi connectivity index (χ0) is 17.0. The highest BCUT2D eigenvalue weighted by atomic mass is 32.2. The zero-order valence-corrected chi connectivity index (χ0v) is 14.7. The van der Waals surface area contributed by atoms with Gasteiger partial charge in [0.25, 0.3) is 10.0 Å². The second-order valence-corrected chi connectivity index (χ2v) is 8.12. The number of aromatic nitrogens is 1. The molecule has 0 spiro atoms. The summed E-state index contributed by atoms with van der Waals surface area (Å²) in [6.07, 6.45) is 3.91. The summed E-state index contributed by atoms with van der Waals surface area (Å²) in [7, 11) is -3.57. The SMILES string of the molecule is CCc1ccc(S(=O)(=O)Nc2ccc(NCc3ccco3)nc2)s1. The predicted octanol–water partition coefficient (Wildman–Crippen LogP) is 3.71. The molecule has 0 unspecified atom stereocenters. The molecule has 0 aliphatic rings. The van der Waals surface area contributed by atoms with E-state index in [1.165, 1.54) is 17.5 Å². The number of furan rings is 1. The molecule has 3 aromatic heterocycles. The van der Waals surface area contributed by atoms with Crippen LogP contribution >= 0.6 is 11.3 Å². The lowest BCUT2D eigenvalue weighted by Gasteiger charge is -2.07. The van der Waals surface area contributed by atoms with Gasteiger partial charge in [-0.1, -0.05) is 6.92 Å². The van der Waals surface area contributed by atoms with Crippen LogP contribution in [0.5, 0.6) is 0 Å². The Balaban J connectivity index is 1.64. The molecular formula is C16H17N3O3S2. The summed E-state index contributed by atoms with van der Waals surface area (Å²) in [4.78, 5) is 5.23. The van der Waals surface area contributed by atoms with Gasteiger partial charge in [-0.25, -0.2) is 13.4 Å². The first kappa shape index (κ1) is 16.5. The Hall–Kier alpha value is -2.32. The largest absolute Gasteiger partial charge is 0.467 e. The Morgan fingerprint density at radius 1 is 1.21 bits per heavy atom. The Bertz CT molecular complexity index is 885. The van der Waals surface area contributed by atoms with Crippen LogP contribution in [0.2, 0.25) is 0 Å². The summed E-state index contributed by atoms with van der Waals surface area (Å²) < 4.78 is 32.8. The van der Waals surface area contributed by atoms with Crippen molar-refractivity contribution in [2.75, 3.05) is 10.0 Å². The highest BCUT2D eigenvalue weighted by Gasteiger charge is 2.16. The number of nitrogens with zero attached hydrogens (tertiary/aromatic N) is 1. The fourth-order valence-corrected chi connectivity index (χ4v) is 4.39. The standard InChI is InChI=1S/C16H17N3O3S2/c1-2-14-6-8-16(23-14)24(20,21)19-12-5-7-15(17-10-12)18-11-13-4-3-9-22-13/h3-10,19H,2,11H2,1H3,(H,17,18). The van der Waals surface area contributed by atoms with E-state index >= 15 is 0 Å². The molecule has 0 atom stereocenters. The van der Waals surface area contributed by atoms with E-state index in [1.807, 2.05) is 25.1 Å². The Kier molecular flexibility index (Phi) is 4.86. The Labute approximate surface area is 144 Å². The van der Waals surface area contributed by atoms with E-state index in [0.29, 0.717) is 22.3 Å². The number of hydrogen-bond donors (Lipinski definition) is 2. The number of anilines is 2. The molecule has 3 aromatic rings. The molecule has 0 saturated heterocycles. The summed E-state index contributed by atoms with van der Waals surface area (Å²) in [6, 6.07) is 10.5. The van der Waals surface area contributed by atoms with Crippen molar-refractivity contribution in [1.82, 2.24) is 4.98 Å². The Morgan fingerprint density at radius 3 is 2.71 bits per heavy atom. The number of sulfonamides is 1. The van der Waals surface area contributed by atoms with Crippen molar-refractivity contribution in [3.05, 3.63) is 59.5 Å². The summed E-state index contributed by atoms with van der Waals surface area (Å²) in [6.45, 7) is 2.51. The first-order chi connectivity index (χ1) is 11.6. The summed E-state index contributed by atoms with van der Waals surface area (Å²) in [5.74, 6) is 1.43. The monoisotopic (exact) mass is 363 g/mol. The molecule has 2 N–H and O–H groups in total. The molecule has 3 heterocycles. The average Bonchev–Trinajstić information content (AvgIpc) is 3.25. The molecule has 0 fully saturated rings. The van der Waals surface area contributed by atoms with Gasteiger partial charge in [0.1, 0.15) is 15.8 Å². The van der Waals surface area contributed by atoms with Crippen molar-refractivity contribution < 1.29 is 12.8 Å². The molecular weight excluding hydrogens is 346 g/mol. The van der Waals surface area contributed by atoms with Crippen molar-refractivity contribution >= 4 is 32.9 Å². The average molecular weight is 363 g/mol. The first-order valence-corrected chi connectivity index (χ1v) is 9.70. The maximum Gasteiger partial charge on any atom is 0.271 e. The normalized spacial score (nSPS) is 11.4. The molecule has 3 rings (SSSR count). The van der Waals surface area contributed by atoms with Gasteiger partial charge in [0.15, 0.2) is 0 Å². The molecule has 126 valence electrons. The van der Waals surface area contributed by atoms with Crippen molar-refractivity contribution in [3.8, 4) is 0 Å². The quantitative estimate of drug-likeness (QED) is 0.668. The second kappa shape index (κ2) is 7.06. The number of aryl methyl sites for hydroxylation is 1. The number of thiophene rings is 1. The minimum absolute atomic E-state index is 0.305. The molecule has 0 aliphatic heterocycles. The summed E-state index contributed by atoms with van der Waals surface area (Å²) >= 11 is 1.28. The molecule has 0 amide bonds. The molecule has 24 heavy (non-hydrogen) atoms. The fourth-order valence-electron chi connectivity index (χ4n) is 2.05.